The summed E-state index contributed by atoms with van der Waals surface area (Å²) in [5.41, 5.74) is 6.17. The number of halogens is 1. The van der Waals surface area contributed by atoms with Gasteiger partial charge in [0.1, 0.15) is 0 Å². The number of rotatable bonds is 7. The number of amides is 2. The molecule has 0 radical (unpaired) electrons. The number of primary amides is 1. The van der Waals surface area contributed by atoms with Crippen molar-refractivity contribution in [1.29, 1.82) is 0 Å². The normalized spacial score (nSPS) is 16.4. The van der Waals surface area contributed by atoms with E-state index in [4.69, 9.17) is 17.3 Å². The number of thioether (sulfide) groups is 1. The van der Waals surface area contributed by atoms with Crippen molar-refractivity contribution in [3.63, 3.8) is 0 Å². The lowest BCUT2D eigenvalue weighted by Gasteiger charge is -2.25. The lowest BCUT2D eigenvalue weighted by molar-refractivity contribution is -0.119. The molecule has 0 aromatic heterocycles. The van der Waals surface area contributed by atoms with E-state index in [1.54, 1.807) is 0 Å². The molecule has 120 valence electrons. The quantitative estimate of drug-likeness (QED) is 0.801. The fraction of sp³-hybridized carbons (Fsp3) is 0.500. The van der Waals surface area contributed by atoms with Crippen LogP contribution < -0.4 is 11.1 Å². The number of carbonyl (C=O) groups is 2. The Morgan fingerprint density at radius 1 is 1.23 bits per heavy atom. The molecule has 0 saturated heterocycles. The molecule has 22 heavy (non-hydrogen) atoms. The van der Waals surface area contributed by atoms with Crippen LogP contribution in [0.1, 0.15) is 37.3 Å². The molecule has 1 aliphatic carbocycles. The van der Waals surface area contributed by atoms with Gasteiger partial charge in [-0.05, 0) is 36.5 Å². The standard InChI is InChI=1S/C16H21ClN2O2S/c17-13-7-5-12(6-8-13)16(11-3-1-2-4-11)19-15(21)10-22-9-14(18)20/h5-8,11,16H,1-4,9-10H2,(H2,18,20)(H,19,21). The Bertz CT molecular complexity index is 515. The van der Waals surface area contributed by atoms with Gasteiger partial charge in [-0.25, -0.2) is 0 Å². The second kappa shape index (κ2) is 8.44. The highest BCUT2D eigenvalue weighted by atomic mass is 35.5. The van der Waals surface area contributed by atoms with Crippen LogP contribution in [0.25, 0.3) is 0 Å². The highest BCUT2D eigenvalue weighted by molar-refractivity contribution is 8.00. The van der Waals surface area contributed by atoms with Crippen LogP contribution in [-0.4, -0.2) is 23.3 Å². The lowest BCUT2D eigenvalue weighted by Crippen LogP contribution is -2.34. The minimum atomic E-state index is -0.400. The second-order valence-corrected chi connectivity index (χ2v) is 7.02. The van der Waals surface area contributed by atoms with Gasteiger partial charge < -0.3 is 11.1 Å². The third kappa shape index (κ3) is 5.21. The molecule has 4 nitrogen and oxygen atoms in total. The van der Waals surface area contributed by atoms with Crippen molar-refractivity contribution in [3.8, 4) is 0 Å². The maximum Gasteiger partial charge on any atom is 0.230 e. The molecular formula is C16H21ClN2O2S. The fourth-order valence-corrected chi connectivity index (χ4v) is 3.59. The summed E-state index contributed by atoms with van der Waals surface area (Å²) in [6, 6.07) is 7.67. The minimum absolute atomic E-state index is 0.0152. The highest BCUT2D eigenvalue weighted by Crippen LogP contribution is 2.36. The molecule has 2 amide bonds. The van der Waals surface area contributed by atoms with Crippen molar-refractivity contribution in [1.82, 2.24) is 5.32 Å². The summed E-state index contributed by atoms with van der Waals surface area (Å²) in [4.78, 5) is 22.8. The van der Waals surface area contributed by atoms with Crippen LogP contribution in [0.2, 0.25) is 5.02 Å². The summed E-state index contributed by atoms with van der Waals surface area (Å²) in [6.45, 7) is 0. The van der Waals surface area contributed by atoms with Gasteiger partial charge in [0, 0.05) is 5.02 Å². The Kier molecular flexibility index (Phi) is 6.58. The largest absolute Gasteiger partial charge is 0.369 e. The summed E-state index contributed by atoms with van der Waals surface area (Å²) < 4.78 is 0. The Hall–Kier alpha value is -1.20. The Labute approximate surface area is 140 Å². The van der Waals surface area contributed by atoms with Crippen LogP contribution in [0.15, 0.2) is 24.3 Å². The van der Waals surface area contributed by atoms with E-state index in [1.807, 2.05) is 24.3 Å². The van der Waals surface area contributed by atoms with Gasteiger partial charge in [0.2, 0.25) is 11.8 Å². The van der Waals surface area contributed by atoms with Crippen molar-refractivity contribution >= 4 is 35.2 Å². The SMILES string of the molecule is NC(=O)CSCC(=O)NC(c1ccc(Cl)cc1)C1CCCC1. The highest BCUT2D eigenvalue weighted by Gasteiger charge is 2.27. The zero-order chi connectivity index (χ0) is 15.9. The van der Waals surface area contributed by atoms with E-state index in [9.17, 15) is 9.59 Å². The van der Waals surface area contributed by atoms with Crippen molar-refractivity contribution in [2.75, 3.05) is 11.5 Å². The first-order chi connectivity index (χ1) is 10.6. The van der Waals surface area contributed by atoms with E-state index < -0.39 is 5.91 Å². The smallest absolute Gasteiger partial charge is 0.230 e. The van der Waals surface area contributed by atoms with Gasteiger partial charge in [0.05, 0.1) is 17.5 Å². The van der Waals surface area contributed by atoms with Crippen LogP contribution >= 0.6 is 23.4 Å². The molecule has 0 aliphatic heterocycles. The fourth-order valence-electron chi connectivity index (χ4n) is 2.89. The van der Waals surface area contributed by atoms with Crippen LogP contribution in [0.3, 0.4) is 0 Å². The molecule has 1 aromatic carbocycles. The van der Waals surface area contributed by atoms with E-state index in [2.05, 4.69) is 5.32 Å². The van der Waals surface area contributed by atoms with E-state index >= 15 is 0 Å². The molecule has 2 rings (SSSR count). The molecule has 0 heterocycles. The average molecular weight is 341 g/mol. The summed E-state index contributed by atoms with van der Waals surface area (Å²) in [7, 11) is 0. The third-order valence-electron chi connectivity index (χ3n) is 3.89. The van der Waals surface area contributed by atoms with Gasteiger partial charge in [-0.15, -0.1) is 11.8 Å². The number of benzene rings is 1. The van der Waals surface area contributed by atoms with Gasteiger partial charge in [-0.1, -0.05) is 36.6 Å². The molecule has 1 aliphatic rings. The third-order valence-corrected chi connectivity index (χ3v) is 5.10. The van der Waals surface area contributed by atoms with Crippen LogP contribution in [0.5, 0.6) is 0 Å². The predicted octanol–water partition coefficient (Wildman–Crippen LogP) is 2.91. The van der Waals surface area contributed by atoms with Crippen LogP contribution in [-0.2, 0) is 9.59 Å². The van der Waals surface area contributed by atoms with Crippen LogP contribution in [0.4, 0.5) is 0 Å². The Morgan fingerprint density at radius 2 is 1.86 bits per heavy atom. The zero-order valence-corrected chi connectivity index (χ0v) is 14.0. The van der Waals surface area contributed by atoms with Gasteiger partial charge in [-0.2, -0.15) is 0 Å². The summed E-state index contributed by atoms with van der Waals surface area (Å²) >= 11 is 7.19. The molecule has 1 saturated carbocycles. The molecule has 1 unspecified atom stereocenters. The summed E-state index contributed by atoms with van der Waals surface area (Å²) in [5, 5.41) is 3.81. The Morgan fingerprint density at radius 3 is 2.45 bits per heavy atom. The van der Waals surface area contributed by atoms with Gasteiger partial charge in [0.15, 0.2) is 0 Å². The Balaban J connectivity index is 2.00. The van der Waals surface area contributed by atoms with Gasteiger partial charge in [-0.3, -0.25) is 9.59 Å². The molecule has 1 aromatic rings. The number of hydrogen-bond donors (Lipinski definition) is 2. The van der Waals surface area contributed by atoms with E-state index in [0.29, 0.717) is 10.9 Å². The molecule has 0 bridgehead atoms. The molecule has 0 spiro atoms. The lowest BCUT2D eigenvalue weighted by atomic mass is 9.91. The van der Waals surface area contributed by atoms with Crippen molar-refractivity contribution in [2.45, 2.75) is 31.7 Å². The predicted molar refractivity (Wildman–Crippen MR) is 90.8 cm³/mol. The first-order valence-electron chi connectivity index (χ1n) is 7.47. The van der Waals surface area contributed by atoms with E-state index in [0.717, 1.165) is 18.4 Å². The number of hydrogen-bond acceptors (Lipinski definition) is 3. The van der Waals surface area contributed by atoms with E-state index in [-0.39, 0.29) is 23.5 Å². The number of carbonyl (C=O) groups excluding carboxylic acids is 2. The minimum Gasteiger partial charge on any atom is -0.369 e. The van der Waals surface area contributed by atoms with Gasteiger partial charge in [0.25, 0.3) is 0 Å². The van der Waals surface area contributed by atoms with Gasteiger partial charge >= 0.3 is 0 Å². The van der Waals surface area contributed by atoms with Crippen molar-refractivity contribution in [2.24, 2.45) is 11.7 Å². The first kappa shape index (κ1) is 17.2. The zero-order valence-electron chi connectivity index (χ0n) is 12.4. The van der Waals surface area contributed by atoms with Crippen LogP contribution in [0, 0.1) is 5.92 Å². The maximum atomic E-state index is 12.1. The van der Waals surface area contributed by atoms with E-state index in [1.165, 1.54) is 24.6 Å². The molecule has 6 heteroatoms. The summed E-state index contributed by atoms with van der Waals surface area (Å²) in [6.07, 6.45) is 4.67. The second-order valence-electron chi connectivity index (χ2n) is 5.60. The average Bonchev–Trinajstić information content (AvgIpc) is 2.99. The number of nitrogens with two attached hydrogens (primary N) is 1. The molecule has 1 atom stereocenters. The number of nitrogens with one attached hydrogen (secondary N) is 1. The monoisotopic (exact) mass is 340 g/mol. The molecule has 1 fully saturated rings. The first-order valence-corrected chi connectivity index (χ1v) is 9.00. The summed E-state index contributed by atoms with van der Waals surface area (Å²) in [5.74, 6) is 0.426. The maximum absolute atomic E-state index is 12.1. The van der Waals surface area contributed by atoms with Crippen molar-refractivity contribution < 1.29 is 9.59 Å². The molecular weight excluding hydrogens is 320 g/mol. The molecule has 3 N–H and O–H groups in total. The topological polar surface area (TPSA) is 72.2 Å². The van der Waals surface area contributed by atoms with Crippen molar-refractivity contribution in [3.05, 3.63) is 34.9 Å².